The molecule has 0 unspecified atom stereocenters. The van der Waals surface area contributed by atoms with Crippen LogP contribution in [0.25, 0.3) is 0 Å². The van der Waals surface area contributed by atoms with E-state index in [1.807, 2.05) is 25.1 Å². The first-order valence-corrected chi connectivity index (χ1v) is 8.51. The van der Waals surface area contributed by atoms with E-state index in [0.29, 0.717) is 38.2 Å². The van der Waals surface area contributed by atoms with Crippen LogP contribution in [0.2, 0.25) is 0 Å². The highest BCUT2D eigenvalue weighted by molar-refractivity contribution is 5.96. The molecule has 1 aromatic carbocycles. The van der Waals surface area contributed by atoms with Gasteiger partial charge < -0.3 is 20.0 Å². The topological polar surface area (TPSA) is 73.0 Å². The fourth-order valence-electron chi connectivity index (χ4n) is 2.64. The molecule has 25 heavy (non-hydrogen) atoms. The van der Waals surface area contributed by atoms with Crippen LogP contribution in [-0.4, -0.2) is 85.8 Å². The molecule has 0 aromatic heterocycles. The zero-order chi connectivity index (χ0) is 18.2. The third-order valence-electron chi connectivity index (χ3n) is 4.19. The maximum absolute atomic E-state index is 12.2. The molecule has 1 fully saturated rings. The van der Waals surface area contributed by atoms with Crippen LogP contribution in [0.5, 0.6) is 0 Å². The lowest BCUT2D eigenvalue weighted by Gasteiger charge is -2.35. The molecule has 0 aliphatic carbocycles. The van der Waals surface area contributed by atoms with Gasteiger partial charge in [0.2, 0.25) is 11.8 Å². The van der Waals surface area contributed by atoms with E-state index in [1.165, 1.54) is 0 Å². The maximum Gasteiger partial charge on any atom is 0.251 e. The van der Waals surface area contributed by atoms with Crippen LogP contribution < -0.4 is 5.32 Å². The van der Waals surface area contributed by atoms with Crippen molar-refractivity contribution in [1.29, 1.82) is 0 Å². The van der Waals surface area contributed by atoms with Crippen LogP contribution in [0, 0.1) is 0 Å². The zero-order valence-corrected chi connectivity index (χ0v) is 14.9. The molecule has 1 aromatic rings. The Bertz CT molecular complexity index is 596. The van der Waals surface area contributed by atoms with Gasteiger partial charge in [-0.2, -0.15) is 0 Å². The van der Waals surface area contributed by atoms with E-state index in [4.69, 9.17) is 0 Å². The monoisotopic (exact) mass is 346 g/mol. The highest BCUT2D eigenvalue weighted by Gasteiger charge is 2.24. The van der Waals surface area contributed by atoms with Gasteiger partial charge in [-0.25, -0.2) is 0 Å². The van der Waals surface area contributed by atoms with E-state index in [9.17, 15) is 14.4 Å². The van der Waals surface area contributed by atoms with Crippen LogP contribution in [-0.2, 0) is 9.59 Å². The minimum absolute atomic E-state index is 0.0255. The largest absolute Gasteiger partial charge is 0.343 e. The number of amides is 3. The number of carbonyl (C=O) groups excluding carboxylic acids is 3. The molecular formula is C18H26N4O3. The summed E-state index contributed by atoms with van der Waals surface area (Å²) in [5.74, 6) is -0.255. The molecule has 7 nitrogen and oxygen atoms in total. The smallest absolute Gasteiger partial charge is 0.251 e. The Balaban J connectivity index is 1.72. The Labute approximate surface area is 148 Å². The van der Waals surface area contributed by atoms with Crippen LogP contribution in [0.15, 0.2) is 30.3 Å². The van der Waals surface area contributed by atoms with Crippen LogP contribution >= 0.6 is 0 Å². The number of rotatable bonds is 6. The van der Waals surface area contributed by atoms with Gasteiger partial charge >= 0.3 is 0 Å². The summed E-state index contributed by atoms with van der Waals surface area (Å²) in [6, 6.07) is 8.81. The molecule has 0 atom stereocenters. The molecule has 7 heteroatoms. The Morgan fingerprint density at radius 3 is 2.08 bits per heavy atom. The summed E-state index contributed by atoms with van der Waals surface area (Å²) in [7, 11) is 3.88. The van der Waals surface area contributed by atoms with E-state index in [1.54, 1.807) is 34.1 Å². The lowest BCUT2D eigenvalue weighted by molar-refractivity contribution is -0.139. The van der Waals surface area contributed by atoms with Crippen molar-refractivity contribution in [3.8, 4) is 0 Å². The minimum atomic E-state index is -0.258. The first kappa shape index (κ1) is 18.9. The summed E-state index contributed by atoms with van der Waals surface area (Å²) in [5, 5.41) is 2.65. The Morgan fingerprint density at radius 2 is 1.52 bits per heavy atom. The molecule has 0 bridgehead atoms. The van der Waals surface area contributed by atoms with Crippen molar-refractivity contribution in [2.24, 2.45) is 0 Å². The maximum atomic E-state index is 12.2. The van der Waals surface area contributed by atoms with Crippen molar-refractivity contribution in [2.45, 2.75) is 6.42 Å². The Kier molecular flexibility index (Phi) is 6.94. The molecule has 136 valence electrons. The van der Waals surface area contributed by atoms with E-state index in [0.717, 1.165) is 6.54 Å². The fraction of sp³-hybridized carbons (Fsp3) is 0.500. The zero-order valence-electron chi connectivity index (χ0n) is 14.9. The number of hydrogen-bond acceptors (Lipinski definition) is 4. The van der Waals surface area contributed by atoms with Crippen molar-refractivity contribution in [2.75, 3.05) is 53.4 Å². The van der Waals surface area contributed by atoms with Gasteiger partial charge in [0.15, 0.2) is 0 Å². The van der Waals surface area contributed by atoms with Gasteiger partial charge in [0.05, 0.1) is 6.54 Å². The summed E-state index contributed by atoms with van der Waals surface area (Å²) in [6.07, 6.45) is 0.494. The predicted octanol–water partition coefficient (Wildman–Crippen LogP) is 0.0389. The standard InChI is InChI=1S/C18H26N4O3/c1-20(2)9-8-16(23)21-10-12-22(13-11-21)17(24)14-19-18(25)15-6-4-3-5-7-15/h3-7H,8-14H2,1-2H3,(H,19,25). The Morgan fingerprint density at radius 1 is 0.960 bits per heavy atom. The third-order valence-corrected chi connectivity index (χ3v) is 4.19. The molecule has 1 aliphatic heterocycles. The van der Waals surface area contributed by atoms with Crippen molar-refractivity contribution in [1.82, 2.24) is 20.0 Å². The summed E-state index contributed by atoms with van der Waals surface area (Å²) < 4.78 is 0. The number of hydrogen-bond donors (Lipinski definition) is 1. The van der Waals surface area contributed by atoms with Gasteiger partial charge in [0.25, 0.3) is 5.91 Å². The molecule has 0 radical (unpaired) electrons. The van der Waals surface area contributed by atoms with E-state index >= 15 is 0 Å². The summed E-state index contributed by atoms with van der Waals surface area (Å²) >= 11 is 0. The van der Waals surface area contributed by atoms with Gasteiger partial charge in [-0.3, -0.25) is 14.4 Å². The molecule has 0 saturated carbocycles. The molecule has 1 aliphatic rings. The molecule has 2 rings (SSSR count). The highest BCUT2D eigenvalue weighted by atomic mass is 16.2. The summed E-state index contributed by atoms with van der Waals surface area (Å²) in [4.78, 5) is 41.8. The van der Waals surface area contributed by atoms with E-state index in [2.05, 4.69) is 5.32 Å². The van der Waals surface area contributed by atoms with Crippen LogP contribution in [0.3, 0.4) is 0 Å². The second-order valence-corrected chi connectivity index (χ2v) is 6.36. The number of benzene rings is 1. The Hall–Kier alpha value is -2.41. The number of carbonyl (C=O) groups is 3. The fourth-order valence-corrected chi connectivity index (χ4v) is 2.64. The molecule has 1 heterocycles. The third kappa shape index (κ3) is 5.86. The minimum Gasteiger partial charge on any atom is -0.343 e. The van der Waals surface area contributed by atoms with Crippen molar-refractivity contribution in [3.63, 3.8) is 0 Å². The first-order valence-electron chi connectivity index (χ1n) is 8.51. The van der Waals surface area contributed by atoms with Crippen molar-refractivity contribution < 1.29 is 14.4 Å². The number of nitrogens with one attached hydrogen (secondary N) is 1. The molecule has 1 N–H and O–H groups in total. The second-order valence-electron chi connectivity index (χ2n) is 6.36. The molecule has 0 spiro atoms. The molecular weight excluding hydrogens is 320 g/mol. The normalized spacial score (nSPS) is 14.5. The second kappa shape index (κ2) is 9.17. The van der Waals surface area contributed by atoms with Gasteiger partial charge in [-0.05, 0) is 26.2 Å². The predicted molar refractivity (Wildman–Crippen MR) is 95.1 cm³/mol. The first-order chi connectivity index (χ1) is 12.0. The van der Waals surface area contributed by atoms with Gasteiger partial charge in [-0.15, -0.1) is 0 Å². The average molecular weight is 346 g/mol. The van der Waals surface area contributed by atoms with E-state index < -0.39 is 0 Å². The van der Waals surface area contributed by atoms with Crippen LogP contribution in [0.4, 0.5) is 0 Å². The SMILES string of the molecule is CN(C)CCC(=O)N1CCN(C(=O)CNC(=O)c2ccccc2)CC1. The van der Waals surface area contributed by atoms with Gasteiger partial charge in [0.1, 0.15) is 0 Å². The number of nitrogens with zero attached hydrogens (tertiary/aromatic N) is 3. The van der Waals surface area contributed by atoms with Crippen molar-refractivity contribution >= 4 is 17.7 Å². The van der Waals surface area contributed by atoms with Crippen LogP contribution in [0.1, 0.15) is 16.8 Å². The lowest BCUT2D eigenvalue weighted by Crippen LogP contribution is -2.52. The average Bonchev–Trinajstić information content (AvgIpc) is 2.64. The summed E-state index contributed by atoms with van der Waals surface area (Å²) in [6.45, 7) is 2.81. The molecule has 1 saturated heterocycles. The lowest BCUT2D eigenvalue weighted by atomic mass is 10.2. The van der Waals surface area contributed by atoms with Gasteiger partial charge in [-0.1, -0.05) is 18.2 Å². The number of piperazine rings is 1. The van der Waals surface area contributed by atoms with Crippen molar-refractivity contribution in [3.05, 3.63) is 35.9 Å². The highest BCUT2D eigenvalue weighted by Crippen LogP contribution is 2.05. The summed E-state index contributed by atoms with van der Waals surface area (Å²) in [5.41, 5.74) is 0.534. The van der Waals surface area contributed by atoms with E-state index in [-0.39, 0.29) is 24.3 Å². The van der Waals surface area contributed by atoms with Gasteiger partial charge in [0, 0.05) is 44.7 Å². The molecule has 3 amide bonds. The quantitative estimate of drug-likeness (QED) is 0.789.